The Morgan fingerprint density at radius 3 is 2.44 bits per heavy atom. The van der Waals surface area contributed by atoms with Crippen molar-refractivity contribution in [1.29, 1.82) is 0 Å². The lowest BCUT2D eigenvalue weighted by Gasteiger charge is -2.07. The largest absolute Gasteiger partial charge is 0.270 e. The van der Waals surface area contributed by atoms with Crippen molar-refractivity contribution >= 4 is 17.3 Å². The third-order valence-corrected chi connectivity index (χ3v) is 2.71. The molecule has 0 aliphatic rings. The van der Waals surface area contributed by atoms with Gasteiger partial charge in [-0.1, -0.05) is 17.7 Å². The van der Waals surface area contributed by atoms with Crippen LogP contribution in [0.4, 0.5) is 14.5 Å². The van der Waals surface area contributed by atoms with Gasteiger partial charge in [0.15, 0.2) is 0 Å². The summed E-state index contributed by atoms with van der Waals surface area (Å²) in [5.41, 5.74) is -0.738. The number of benzene rings is 2. The smallest absolute Gasteiger partial charge is 0.258 e. The zero-order chi connectivity index (χ0) is 13.3. The monoisotopic (exact) mass is 269 g/mol. The molecule has 0 atom stereocenters. The molecule has 0 fully saturated rings. The van der Waals surface area contributed by atoms with E-state index >= 15 is 0 Å². The SMILES string of the molecule is O=[N+]([O-])c1ccc(F)c(-c2c(F)cccc2Cl)c1. The molecule has 0 heterocycles. The Morgan fingerprint density at radius 2 is 1.83 bits per heavy atom. The van der Waals surface area contributed by atoms with Gasteiger partial charge in [-0.25, -0.2) is 8.78 Å². The Kier molecular flexibility index (Phi) is 3.25. The van der Waals surface area contributed by atoms with E-state index in [1.807, 2.05) is 0 Å². The van der Waals surface area contributed by atoms with Crippen molar-refractivity contribution in [3.63, 3.8) is 0 Å². The molecule has 18 heavy (non-hydrogen) atoms. The van der Waals surface area contributed by atoms with Crippen molar-refractivity contribution in [1.82, 2.24) is 0 Å². The van der Waals surface area contributed by atoms with Gasteiger partial charge in [-0.2, -0.15) is 0 Å². The van der Waals surface area contributed by atoms with Gasteiger partial charge in [0, 0.05) is 23.3 Å². The zero-order valence-electron chi connectivity index (χ0n) is 8.86. The average Bonchev–Trinajstić information content (AvgIpc) is 2.30. The molecule has 0 aliphatic carbocycles. The molecule has 0 saturated heterocycles. The molecule has 6 heteroatoms. The predicted octanol–water partition coefficient (Wildman–Crippen LogP) is 4.19. The minimum Gasteiger partial charge on any atom is -0.258 e. The molecule has 2 aromatic rings. The molecule has 0 spiro atoms. The van der Waals surface area contributed by atoms with Gasteiger partial charge in [-0.3, -0.25) is 10.1 Å². The molecule has 2 rings (SSSR count). The van der Waals surface area contributed by atoms with E-state index in [0.29, 0.717) is 0 Å². The molecule has 0 N–H and O–H groups in total. The summed E-state index contributed by atoms with van der Waals surface area (Å²) in [6.45, 7) is 0. The van der Waals surface area contributed by atoms with Crippen LogP contribution in [0.3, 0.4) is 0 Å². The number of non-ortho nitro benzene ring substituents is 1. The number of nitro benzene ring substituents is 1. The van der Waals surface area contributed by atoms with Crippen molar-refractivity contribution in [2.45, 2.75) is 0 Å². The quantitative estimate of drug-likeness (QED) is 0.606. The zero-order valence-corrected chi connectivity index (χ0v) is 9.62. The maximum absolute atomic E-state index is 13.6. The van der Waals surface area contributed by atoms with Crippen LogP contribution < -0.4 is 0 Å². The highest BCUT2D eigenvalue weighted by Crippen LogP contribution is 2.34. The topological polar surface area (TPSA) is 43.1 Å². The molecule has 0 saturated carbocycles. The van der Waals surface area contributed by atoms with Gasteiger partial charge in [0.2, 0.25) is 0 Å². The fourth-order valence-corrected chi connectivity index (χ4v) is 1.84. The number of hydrogen-bond donors (Lipinski definition) is 0. The van der Waals surface area contributed by atoms with Gasteiger partial charge in [-0.05, 0) is 18.2 Å². The maximum atomic E-state index is 13.6. The van der Waals surface area contributed by atoms with E-state index in [1.165, 1.54) is 12.1 Å². The van der Waals surface area contributed by atoms with Gasteiger partial charge >= 0.3 is 0 Å². The van der Waals surface area contributed by atoms with Crippen LogP contribution in [-0.2, 0) is 0 Å². The van der Waals surface area contributed by atoms with Crippen LogP contribution in [0.15, 0.2) is 36.4 Å². The van der Waals surface area contributed by atoms with E-state index < -0.39 is 16.6 Å². The van der Waals surface area contributed by atoms with E-state index in [0.717, 1.165) is 24.3 Å². The summed E-state index contributed by atoms with van der Waals surface area (Å²) < 4.78 is 27.3. The van der Waals surface area contributed by atoms with Crippen molar-refractivity contribution in [2.24, 2.45) is 0 Å². The summed E-state index contributed by atoms with van der Waals surface area (Å²) >= 11 is 5.79. The Bertz CT molecular complexity index is 611. The van der Waals surface area contributed by atoms with Crippen molar-refractivity contribution in [3.05, 3.63) is 63.2 Å². The highest BCUT2D eigenvalue weighted by atomic mass is 35.5. The lowest BCUT2D eigenvalue weighted by molar-refractivity contribution is -0.384. The van der Waals surface area contributed by atoms with Gasteiger partial charge in [0.25, 0.3) is 5.69 Å². The first kappa shape index (κ1) is 12.4. The number of hydrogen-bond acceptors (Lipinski definition) is 2. The second-order valence-corrected chi connectivity index (χ2v) is 3.93. The lowest BCUT2D eigenvalue weighted by Crippen LogP contribution is -1.93. The second kappa shape index (κ2) is 4.70. The molecule has 0 aromatic heterocycles. The molecular formula is C12H6ClF2NO2. The average molecular weight is 270 g/mol. The van der Waals surface area contributed by atoms with E-state index in [-0.39, 0.29) is 21.8 Å². The van der Waals surface area contributed by atoms with Crippen LogP contribution in [-0.4, -0.2) is 4.92 Å². The normalized spacial score (nSPS) is 10.4. The van der Waals surface area contributed by atoms with Gasteiger partial charge in [0.05, 0.1) is 9.95 Å². The van der Waals surface area contributed by atoms with Crippen LogP contribution in [0.25, 0.3) is 11.1 Å². The van der Waals surface area contributed by atoms with E-state index in [2.05, 4.69) is 0 Å². The summed E-state index contributed by atoms with van der Waals surface area (Å²) in [6, 6.07) is 6.75. The summed E-state index contributed by atoms with van der Waals surface area (Å²) in [5.74, 6) is -1.51. The van der Waals surface area contributed by atoms with Gasteiger partial charge < -0.3 is 0 Å². The van der Waals surface area contributed by atoms with Gasteiger partial charge in [-0.15, -0.1) is 0 Å². The fourth-order valence-electron chi connectivity index (χ4n) is 1.57. The number of halogens is 3. The summed E-state index contributed by atoms with van der Waals surface area (Å²) in [7, 11) is 0. The fraction of sp³-hybridized carbons (Fsp3) is 0. The van der Waals surface area contributed by atoms with Gasteiger partial charge in [0.1, 0.15) is 11.6 Å². The molecule has 0 unspecified atom stereocenters. The third kappa shape index (κ3) is 2.17. The highest BCUT2D eigenvalue weighted by Gasteiger charge is 2.17. The highest BCUT2D eigenvalue weighted by molar-refractivity contribution is 6.33. The Labute approximate surface area is 106 Å². The van der Waals surface area contributed by atoms with E-state index in [4.69, 9.17) is 11.6 Å². The van der Waals surface area contributed by atoms with Crippen LogP contribution in [0.1, 0.15) is 0 Å². The van der Waals surface area contributed by atoms with Crippen LogP contribution in [0.2, 0.25) is 5.02 Å². The molecule has 0 amide bonds. The van der Waals surface area contributed by atoms with E-state index in [9.17, 15) is 18.9 Å². The first-order chi connectivity index (χ1) is 8.50. The third-order valence-electron chi connectivity index (χ3n) is 2.39. The minimum absolute atomic E-state index is 0.00519. The first-order valence-electron chi connectivity index (χ1n) is 4.89. The minimum atomic E-state index is -0.771. The molecule has 92 valence electrons. The molecule has 0 aliphatic heterocycles. The molecule has 2 aromatic carbocycles. The maximum Gasteiger partial charge on any atom is 0.270 e. The number of nitro groups is 1. The van der Waals surface area contributed by atoms with Crippen molar-refractivity contribution in [3.8, 4) is 11.1 Å². The molecule has 0 bridgehead atoms. The number of rotatable bonds is 2. The standard InChI is InChI=1S/C12H6ClF2NO2/c13-9-2-1-3-11(15)12(9)8-6-7(16(17)18)4-5-10(8)14/h1-6H. The van der Waals surface area contributed by atoms with Crippen molar-refractivity contribution in [2.75, 3.05) is 0 Å². The number of nitrogens with zero attached hydrogens (tertiary/aromatic N) is 1. The van der Waals surface area contributed by atoms with Crippen LogP contribution >= 0.6 is 11.6 Å². The molecule has 3 nitrogen and oxygen atoms in total. The van der Waals surface area contributed by atoms with Crippen molar-refractivity contribution < 1.29 is 13.7 Å². The summed E-state index contributed by atoms with van der Waals surface area (Å²) in [4.78, 5) is 9.94. The summed E-state index contributed by atoms with van der Waals surface area (Å²) in [6.07, 6.45) is 0. The second-order valence-electron chi connectivity index (χ2n) is 3.52. The van der Waals surface area contributed by atoms with Crippen LogP contribution in [0.5, 0.6) is 0 Å². The molecular weight excluding hydrogens is 264 g/mol. The van der Waals surface area contributed by atoms with E-state index in [1.54, 1.807) is 0 Å². The Hall–Kier alpha value is -2.01. The predicted molar refractivity (Wildman–Crippen MR) is 63.5 cm³/mol. The molecule has 0 radical (unpaired) electrons. The first-order valence-corrected chi connectivity index (χ1v) is 5.27. The summed E-state index contributed by atoms with van der Waals surface area (Å²) in [5, 5.41) is 10.6. The van der Waals surface area contributed by atoms with Crippen LogP contribution in [0, 0.1) is 21.7 Å². The lowest BCUT2D eigenvalue weighted by atomic mass is 10.0. The Balaban J connectivity index is 2.70. The Morgan fingerprint density at radius 1 is 1.11 bits per heavy atom.